The molecule has 2 atom stereocenters. The maximum absolute atomic E-state index is 11.9. The molecular weight excluding hydrogens is 272 g/mol. The molecule has 0 aliphatic heterocycles. The van der Waals surface area contributed by atoms with E-state index >= 15 is 0 Å². The maximum atomic E-state index is 11.9. The van der Waals surface area contributed by atoms with Gasteiger partial charge in [0.15, 0.2) is 0 Å². The van der Waals surface area contributed by atoms with Gasteiger partial charge in [-0.3, -0.25) is 14.4 Å². The average Bonchev–Trinajstić information content (AvgIpc) is 2.68. The van der Waals surface area contributed by atoms with Gasteiger partial charge < -0.3 is 15.7 Å². The van der Waals surface area contributed by atoms with Crippen LogP contribution in [0, 0.1) is 5.92 Å². The summed E-state index contributed by atoms with van der Waals surface area (Å²) in [5.41, 5.74) is 0. The second-order valence-corrected chi connectivity index (χ2v) is 5.61. The molecule has 0 spiro atoms. The molecule has 0 saturated heterocycles. The SMILES string of the molecule is CCCNC(=O)CCC(=O)N[C@H]1CCCCC[C@H]1C(=O)O. The molecule has 3 N–H and O–H groups in total. The monoisotopic (exact) mass is 298 g/mol. The predicted octanol–water partition coefficient (Wildman–Crippen LogP) is 1.44. The van der Waals surface area contributed by atoms with Crippen LogP contribution < -0.4 is 10.6 Å². The smallest absolute Gasteiger partial charge is 0.308 e. The van der Waals surface area contributed by atoms with Crippen molar-refractivity contribution in [2.24, 2.45) is 5.92 Å². The first-order valence-corrected chi connectivity index (χ1v) is 7.83. The Hall–Kier alpha value is -1.59. The van der Waals surface area contributed by atoms with Gasteiger partial charge in [0.05, 0.1) is 5.92 Å². The van der Waals surface area contributed by atoms with Gasteiger partial charge in [0.25, 0.3) is 0 Å². The number of carboxylic acid groups (broad SMARTS) is 1. The predicted molar refractivity (Wildman–Crippen MR) is 78.7 cm³/mol. The minimum absolute atomic E-state index is 0.110. The van der Waals surface area contributed by atoms with E-state index < -0.39 is 11.9 Å². The van der Waals surface area contributed by atoms with Crippen molar-refractivity contribution in [1.29, 1.82) is 0 Å². The molecule has 0 bridgehead atoms. The first-order chi connectivity index (χ1) is 10.0. The summed E-state index contributed by atoms with van der Waals surface area (Å²) in [5, 5.41) is 14.8. The Morgan fingerprint density at radius 1 is 1.05 bits per heavy atom. The minimum Gasteiger partial charge on any atom is -0.481 e. The van der Waals surface area contributed by atoms with Gasteiger partial charge in [0, 0.05) is 25.4 Å². The standard InChI is InChI=1S/C15H26N2O4/c1-2-10-16-13(18)8-9-14(19)17-12-7-5-3-4-6-11(12)15(20)21/h11-12H,2-10H2,1H3,(H,16,18)(H,17,19)(H,20,21)/t11-,12+/m1/s1. The number of carboxylic acids is 1. The van der Waals surface area contributed by atoms with Crippen LogP contribution in [-0.4, -0.2) is 35.5 Å². The van der Waals surface area contributed by atoms with Gasteiger partial charge in [-0.15, -0.1) is 0 Å². The van der Waals surface area contributed by atoms with E-state index in [0.717, 1.165) is 25.7 Å². The summed E-state index contributed by atoms with van der Waals surface area (Å²) >= 11 is 0. The molecular formula is C15H26N2O4. The molecule has 0 aromatic heterocycles. The number of carbonyl (C=O) groups is 3. The Bertz CT molecular complexity index is 371. The normalized spacial score (nSPS) is 22.1. The zero-order valence-corrected chi connectivity index (χ0v) is 12.7. The number of hydrogen-bond acceptors (Lipinski definition) is 3. The molecule has 1 rings (SSSR count). The molecule has 0 heterocycles. The van der Waals surface area contributed by atoms with Gasteiger partial charge in [-0.2, -0.15) is 0 Å². The lowest BCUT2D eigenvalue weighted by Gasteiger charge is -2.22. The van der Waals surface area contributed by atoms with Crippen molar-refractivity contribution >= 4 is 17.8 Å². The number of aliphatic carboxylic acids is 1. The molecule has 1 saturated carbocycles. The zero-order valence-electron chi connectivity index (χ0n) is 12.7. The molecule has 0 unspecified atom stereocenters. The largest absolute Gasteiger partial charge is 0.481 e. The van der Waals surface area contributed by atoms with E-state index in [1.807, 2.05) is 6.92 Å². The Morgan fingerprint density at radius 3 is 2.38 bits per heavy atom. The van der Waals surface area contributed by atoms with Crippen molar-refractivity contribution in [3.8, 4) is 0 Å². The molecule has 1 aliphatic rings. The quantitative estimate of drug-likeness (QED) is 0.620. The van der Waals surface area contributed by atoms with Gasteiger partial charge in [-0.05, 0) is 19.3 Å². The van der Waals surface area contributed by atoms with Gasteiger partial charge in [-0.1, -0.05) is 26.2 Å². The Labute approximate surface area is 125 Å². The van der Waals surface area contributed by atoms with E-state index in [0.29, 0.717) is 19.4 Å². The highest BCUT2D eigenvalue weighted by atomic mass is 16.4. The summed E-state index contributed by atoms with van der Waals surface area (Å²) in [5.74, 6) is -1.73. The summed E-state index contributed by atoms with van der Waals surface area (Å²) in [4.78, 5) is 34.6. The average molecular weight is 298 g/mol. The van der Waals surface area contributed by atoms with Crippen LogP contribution in [0.2, 0.25) is 0 Å². The molecule has 6 nitrogen and oxygen atoms in total. The summed E-state index contributed by atoms with van der Waals surface area (Å²) in [6, 6.07) is -0.309. The Kier molecular flexibility index (Phi) is 7.79. The van der Waals surface area contributed by atoms with Crippen molar-refractivity contribution in [3.05, 3.63) is 0 Å². The number of nitrogens with one attached hydrogen (secondary N) is 2. The topological polar surface area (TPSA) is 95.5 Å². The second-order valence-electron chi connectivity index (χ2n) is 5.61. The number of amides is 2. The Morgan fingerprint density at radius 2 is 1.71 bits per heavy atom. The lowest BCUT2D eigenvalue weighted by molar-refractivity contribution is -0.143. The van der Waals surface area contributed by atoms with Crippen molar-refractivity contribution < 1.29 is 19.5 Å². The van der Waals surface area contributed by atoms with Crippen LogP contribution in [0.1, 0.15) is 58.3 Å². The van der Waals surface area contributed by atoms with Crippen molar-refractivity contribution in [2.45, 2.75) is 64.3 Å². The third-order valence-corrected chi connectivity index (χ3v) is 3.83. The van der Waals surface area contributed by atoms with Crippen LogP contribution in [0.25, 0.3) is 0 Å². The van der Waals surface area contributed by atoms with E-state index in [4.69, 9.17) is 0 Å². The van der Waals surface area contributed by atoms with Gasteiger partial charge in [0.2, 0.25) is 11.8 Å². The highest BCUT2D eigenvalue weighted by molar-refractivity contribution is 5.84. The van der Waals surface area contributed by atoms with Crippen molar-refractivity contribution in [3.63, 3.8) is 0 Å². The van der Waals surface area contributed by atoms with E-state index in [1.54, 1.807) is 0 Å². The van der Waals surface area contributed by atoms with Crippen molar-refractivity contribution in [1.82, 2.24) is 10.6 Å². The third kappa shape index (κ3) is 6.60. The molecule has 6 heteroatoms. The fraction of sp³-hybridized carbons (Fsp3) is 0.800. The minimum atomic E-state index is -0.845. The molecule has 2 amide bonds. The highest BCUT2D eigenvalue weighted by Crippen LogP contribution is 2.23. The number of carbonyl (C=O) groups excluding carboxylic acids is 2. The molecule has 21 heavy (non-hydrogen) atoms. The van der Waals surface area contributed by atoms with Crippen LogP contribution in [0.15, 0.2) is 0 Å². The molecule has 0 aromatic rings. The fourth-order valence-corrected chi connectivity index (χ4v) is 2.63. The zero-order chi connectivity index (χ0) is 15.7. The van der Waals surface area contributed by atoms with E-state index in [2.05, 4.69) is 10.6 Å². The molecule has 1 fully saturated rings. The second kappa shape index (κ2) is 9.37. The summed E-state index contributed by atoms with van der Waals surface area (Å²) in [6.07, 6.45) is 5.26. The summed E-state index contributed by atoms with van der Waals surface area (Å²) in [7, 11) is 0. The van der Waals surface area contributed by atoms with E-state index in [1.165, 1.54) is 0 Å². The summed E-state index contributed by atoms with van der Waals surface area (Å²) < 4.78 is 0. The number of rotatable bonds is 7. The van der Waals surface area contributed by atoms with Crippen LogP contribution in [0.5, 0.6) is 0 Å². The molecule has 0 radical (unpaired) electrons. The first kappa shape index (κ1) is 17.5. The van der Waals surface area contributed by atoms with Crippen LogP contribution in [-0.2, 0) is 14.4 Å². The summed E-state index contributed by atoms with van der Waals surface area (Å²) in [6.45, 7) is 2.58. The Balaban J connectivity index is 2.40. The lowest BCUT2D eigenvalue weighted by atomic mass is 9.94. The van der Waals surface area contributed by atoms with Gasteiger partial charge in [0.1, 0.15) is 0 Å². The van der Waals surface area contributed by atoms with Gasteiger partial charge >= 0.3 is 5.97 Å². The van der Waals surface area contributed by atoms with E-state index in [9.17, 15) is 19.5 Å². The van der Waals surface area contributed by atoms with Crippen molar-refractivity contribution in [2.75, 3.05) is 6.54 Å². The molecule has 1 aliphatic carbocycles. The number of hydrogen-bond donors (Lipinski definition) is 3. The highest BCUT2D eigenvalue weighted by Gasteiger charge is 2.30. The third-order valence-electron chi connectivity index (χ3n) is 3.83. The van der Waals surface area contributed by atoms with Crippen LogP contribution >= 0.6 is 0 Å². The molecule has 0 aromatic carbocycles. The lowest BCUT2D eigenvalue weighted by Crippen LogP contribution is -2.43. The first-order valence-electron chi connectivity index (χ1n) is 7.83. The maximum Gasteiger partial charge on any atom is 0.308 e. The molecule has 120 valence electrons. The van der Waals surface area contributed by atoms with Crippen LogP contribution in [0.3, 0.4) is 0 Å². The van der Waals surface area contributed by atoms with Gasteiger partial charge in [-0.25, -0.2) is 0 Å². The van der Waals surface area contributed by atoms with Crippen LogP contribution in [0.4, 0.5) is 0 Å². The fourth-order valence-electron chi connectivity index (χ4n) is 2.63. The van der Waals surface area contributed by atoms with E-state index in [-0.39, 0.29) is 30.7 Å².